The summed E-state index contributed by atoms with van der Waals surface area (Å²) in [6, 6.07) is 21.1. The third-order valence-corrected chi connectivity index (χ3v) is 5.00. The van der Waals surface area contributed by atoms with Crippen LogP contribution in [0, 0.1) is 0 Å². The van der Waals surface area contributed by atoms with Crippen molar-refractivity contribution in [2.45, 2.75) is 20.1 Å². The highest BCUT2D eigenvalue weighted by Crippen LogP contribution is 2.37. The van der Waals surface area contributed by atoms with E-state index in [9.17, 15) is 4.79 Å². The highest BCUT2D eigenvalue weighted by Gasteiger charge is 2.12. The number of esters is 1. The first-order valence-electron chi connectivity index (χ1n) is 9.65. The summed E-state index contributed by atoms with van der Waals surface area (Å²) in [5.74, 6) is 1.02. The van der Waals surface area contributed by atoms with Gasteiger partial charge in [0.15, 0.2) is 11.5 Å². The zero-order valence-electron chi connectivity index (χ0n) is 17.0. The summed E-state index contributed by atoms with van der Waals surface area (Å²) in [6.45, 7) is 3.20. The molecule has 0 unspecified atom stereocenters. The van der Waals surface area contributed by atoms with Crippen LogP contribution in [0.25, 0.3) is 0 Å². The number of rotatable bonds is 9. The summed E-state index contributed by atoms with van der Waals surface area (Å²) < 4.78 is 17.4. The minimum absolute atomic E-state index is 0.316. The van der Waals surface area contributed by atoms with Crippen LogP contribution < -0.4 is 14.8 Å². The molecule has 1 N–H and O–H groups in total. The quantitative estimate of drug-likeness (QED) is 0.399. The SMILES string of the molecule is CCOC(=O)c1ccc(NCc2cc(Br)c(OCc3ccccc3)c(OC)c2)cc1. The van der Waals surface area contributed by atoms with Crippen LogP contribution in [0.1, 0.15) is 28.4 Å². The second-order valence-corrected chi connectivity index (χ2v) is 7.39. The number of benzene rings is 3. The Balaban J connectivity index is 1.65. The second kappa shape index (κ2) is 10.7. The van der Waals surface area contributed by atoms with Gasteiger partial charge in [0.05, 0.1) is 23.8 Å². The van der Waals surface area contributed by atoms with E-state index in [1.165, 1.54) is 0 Å². The monoisotopic (exact) mass is 469 g/mol. The van der Waals surface area contributed by atoms with Crippen LogP contribution in [0.4, 0.5) is 5.69 Å². The summed E-state index contributed by atoms with van der Waals surface area (Å²) in [6.07, 6.45) is 0. The van der Waals surface area contributed by atoms with Crippen molar-refractivity contribution in [1.29, 1.82) is 0 Å². The zero-order chi connectivity index (χ0) is 21.3. The average Bonchev–Trinajstić information content (AvgIpc) is 2.77. The van der Waals surface area contributed by atoms with E-state index in [1.54, 1.807) is 26.2 Å². The molecule has 0 fully saturated rings. The van der Waals surface area contributed by atoms with Crippen molar-refractivity contribution in [1.82, 2.24) is 0 Å². The molecule has 6 heteroatoms. The molecule has 5 nitrogen and oxygen atoms in total. The number of carbonyl (C=O) groups is 1. The Hall–Kier alpha value is -2.99. The summed E-state index contributed by atoms with van der Waals surface area (Å²) in [5, 5.41) is 3.35. The zero-order valence-corrected chi connectivity index (χ0v) is 18.6. The van der Waals surface area contributed by atoms with Crippen LogP contribution in [0.15, 0.2) is 71.2 Å². The Morgan fingerprint density at radius 3 is 2.40 bits per heavy atom. The van der Waals surface area contributed by atoms with Gasteiger partial charge < -0.3 is 19.5 Å². The number of carbonyl (C=O) groups excluding carboxylic acids is 1. The molecule has 0 radical (unpaired) electrons. The molecule has 0 amide bonds. The first kappa shape index (κ1) is 21.7. The fraction of sp³-hybridized carbons (Fsp3) is 0.208. The fourth-order valence-corrected chi connectivity index (χ4v) is 3.49. The van der Waals surface area contributed by atoms with Crippen LogP contribution in [0.5, 0.6) is 11.5 Å². The van der Waals surface area contributed by atoms with Crippen molar-refractivity contribution in [2.75, 3.05) is 19.0 Å². The minimum atomic E-state index is -0.316. The predicted octanol–water partition coefficient (Wildman–Crippen LogP) is 5.83. The van der Waals surface area contributed by atoms with Gasteiger partial charge in [0.1, 0.15) is 6.61 Å². The van der Waals surface area contributed by atoms with Crippen molar-refractivity contribution >= 4 is 27.6 Å². The molecule has 0 saturated carbocycles. The number of methoxy groups -OCH3 is 1. The molecule has 3 rings (SSSR count). The van der Waals surface area contributed by atoms with Crippen LogP contribution in [0.3, 0.4) is 0 Å². The number of hydrogen-bond acceptors (Lipinski definition) is 5. The Bertz CT molecular complexity index is 975. The lowest BCUT2D eigenvalue weighted by atomic mass is 10.1. The van der Waals surface area contributed by atoms with Gasteiger partial charge in [-0.2, -0.15) is 0 Å². The van der Waals surface area contributed by atoms with E-state index in [0.29, 0.717) is 36.8 Å². The Kier molecular flexibility index (Phi) is 7.74. The molecular weight excluding hydrogens is 446 g/mol. The first-order chi connectivity index (χ1) is 14.6. The maximum absolute atomic E-state index is 11.7. The summed E-state index contributed by atoms with van der Waals surface area (Å²) in [5.41, 5.74) is 3.55. The second-order valence-electron chi connectivity index (χ2n) is 6.53. The largest absolute Gasteiger partial charge is 0.493 e. The molecule has 156 valence electrons. The molecule has 0 aromatic heterocycles. The smallest absolute Gasteiger partial charge is 0.338 e. The van der Waals surface area contributed by atoms with Gasteiger partial charge in [-0.25, -0.2) is 4.79 Å². The van der Waals surface area contributed by atoms with Gasteiger partial charge in [-0.3, -0.25) is 0 Å². The lowest BCUT2D eigenvalue weighted by molar-refractivity contribution is 0.0526. The Morgan fingerprint density at radius 2 is 1.73 bits per heavy atom. The number of ether oxygens (including phenoxy) is 3. The molecule has 0 bridgehead atoms. The maximum atomic E-state index is 11.7. The standard InChI is InChI=1S/C24H24BrNO4/c1-3-29-24(27)19-9-11-20(12-10-19)26-15-18-13-21(25)23(22(14-18)28-2)30-16-17-7-5-4-6-8-17/h4-14,26H,3,15-16H2,1-2H3. The fourth-order valence-electron chi connectivity index (χ4n) is 2.89. The number of halogens is 1. The van der Waals surface area contributed by atoms with Gasteiger partial charge in [0.25, 0.3) is 0 Å². The van der Waals surface area contributed by atoms with Crippen molar-refractivity contribution in [2.24, 2.45) is 0 Å². The van der Waals surface area contributed by atoms with Gasteiger partial charge in [0.2, 0.25) is 0 Å². The molecule has 0 spiro atoms. The third kappa shape index (κ3) is 5.76. The average molecular weight is 470 g/mol. The number of hydrogen-bond donors (Lipinski definition) is 1. The van der Waals surface area contributed by atoms with Crippen molar-refractivity contribution in [3.05, 3.63) is 87.9 Å². The van der Waals surface area contributed by atoms with E-state index in [2.05, 4.69) is 21.2 Å². The van der Waals surface area contributed by atoms with E-state index in [0.717, 1.165) is 21.3 Å². The summed E-state index contributed by atoms with van der Waals surface area (Å²) in [7, 11) is 1.63. The lowest BCUT2D eigenvalue weighted by Gasteiger charge is -2.15. The third-order valence-electron chi connectivity index (χ3n) is 4.41. The summed E-state index contributed by atoms with van der Waals surface area (Å²) >= 11 is 3.59. The van der Waals surface area contributed by atoms with E-state index in [-0.39, 0.29) is 5.97 Å². The van der Waals surface area contributed by atoms with Crippen molar-refractivity contribution in [3.8, 4) is 11.5 Å². The van der Waals surface area contributed by atoms with Crippen LogP contribution in [-0.4, -0.2) is 19.7 Å². The molecule has 30 heavy (non-hydrogen) atoms. The highest BCUT2D eigenvalue weighted by atomic mass is 79.9. The Labute approximate surface area is 185 Å². The van der Waals surface area contributed by atoms with Gasteiger partial charge in [-0.15, -0.1) is 0 Å². The molecule has 0 saturated heterocycles. The topological polar surface area (TPSA) is 56.8 Å². The molecule has 0 atom stereocenters. The molecule has 0 aliphatic rings. The van der Waals surface area contributed by atoms with E-state index < -0.39 is 0 Å². The molecular formula is C24H24BrNO4. The van der Waals surface area contributed by atoms with E-state index in [1.807, 2.05) is 54.6 Å². The number of anilines is 1. The first-order valence-corrected chi connectivity index (χ1v) is 10.4. The van der Waals surface area contributed by atoms with Gasteiger partial charge in [0, 0.05) is 12.2 Å². The predicted molar refractivity (Wildman–Crippen MR) is 121 cm³/mol. The van der Waals surface area contributed by atoms with E-state index >= 15 is 0 Å². The lowest BCUT2D eigenvalue weighted by Crippen LogP contribution is -2.05. The van der Waals surface area contributed by atoms with Gasteiger partial charge in [-0.05, 0) is 70.4 Å². The molecule has 0 aliphatic heterocycles. The van der Waals surface area contributed by atoms with Crippen LogP contribution in [0.2, 0.25) is 0 Å². The van der Waals surface area contributed by atoms with Crippen molar-refractivity contribution < 1.29 is 19.0 Å². The Morgan fingerprint density at radius 1 is 1.00 bits per heavy atom. The maximum Gasteiger partial charge on any atom is 0.338 e. The van der Waals surface area contributed by atoms with Gasteiger partial charge >= 0.3 is 5.97 Å². The molecule has 0 heterocycles. The molecule has 0 aliphatic carbocycles. The summed E-state index contributed by atoms with van der Waals surface area (Å²) in [4.78, 5) is 11.7. The normalized spacial score (nSPS) is 10.4. The number of nitrogens with one attached hydrogen (secondary N) is 1. The molecule has 3 aromatic carbocycles. The minimum Gasteiger partial charge on any atom is -0.493 e. The highest BCUT2D eigenvalue weighted by molar-refractivity contribution is 9.10. The van der Waals surface area contributed by atoms with Crippen LogP contribution in [-0.2, 0) is 17.9 Å². The van der Waals surface area contributed by atoms with Gasteiger partial charge in [-0.1, -0.05) is 30.3 Å². The molecule has 3 aromatic rings. The van der Waals surface area contributed by atoms with E-state index in [4.69, 9.17) is 14.2 Å². The van der Waals surface area contributed by atoms with Crippen LogP contribution >= 0.6 is 15.9 Å². The van der Waals surface area contributed by atoms with Crippen molar-refractivity contribution in [3.63, 3.8) is 0 Å².